The first-order valence-corrected chi connectivity index (χ1v) is 20.8. The number of amides is 5. The molecule has 1 aromatic heterocycles. The summed E-state index contributed by atoms with van der Waals surface area (Å²) in [7, 11) is 0. The van der Waals surface area contributed by atoms with Crippen LogP contribution in [-0.4, -0.2) is 76.3 Å². The van der Waals surface area contributed by atoms with Crippen LogP contribution in [0.4, 0.5) is 0 Å². The lowest BCUT2D eigenvalue weighted by molar-refractivity contribution is -0.140. The van der Waals surface area contributed by atoms with Gasteiger partial charge in [0.2, 0.25) is 23.5 Å². The molecule has 1 unspecified atom stereocenters. The Balaban J connectivity index is 1.23. The molecular weight excluding hydrogens is 713 g/mol. The van der Waals surface area contributed by atoms with Gasteiger partial charge in [-0.1, -0.05) is 66.2 Å². The molecular formula is C43H62N6O7. The quantitative estimate of drug-likeness (QED) is 0.0943. The van der Waals surface area contributed by atoms with Gasteiger partial charge >= 0.3 is 0 Å². The van der Waals surface area contributed by atoms with E-state index in [4.69, 9.17) is 0 Å². The van der Waals surface area contributed by atoms with E-state index in [1.165, 1.54) is 6.92 Å². The Bertz CT molecular complexity index is 1770. The van der Waals surface area contributed by atoms with Crippen LogP contribution in [0.2, 0.25) is 0 Å². The van der Waals surface area contributed by atoms with Crippen LogP contribution in [0.15, 0.2) is 24.3 Å². The van der Waals surface area contributed by atoms with Crippen LogP contribution in [0.5, 0.6) is 0 Å². The van der Waals surface area contributed by atoms with E-state index in [2.05, 4.69) is 31.6 Å². The summed E-state index contributed by atoms with van der Waals surface area (Å²) in [6, 6.07) is 4.10. The summed E-state index contributed by atoms with van der Waals surface area (Å²) in [4.78, 5) is 95.4. The van der Waals surface area contributed by atoms with Crippen molar-refractivity contribution < 1.29 is 33.6 Å². The number of rotatable bonds is 17. The second-order valence-electron chi connectivity index (χ2n) is 17.4. The standard InChI is InChI=1S/C43H62N6O7/c1-6-12-33(37(52)41(55)44-30-19-20-30)46-35(51)22-18-26-13-10-11-16-31(26)47-42(56)38(43(3,4)5)49-40(54)36(27-14-8-7-9-15-27)48-39(53)34-24-29-23-28(25(2)50)17-21-32(29)45-34/h17,21,23-24,26-27,30-31,33,36,38,45H,6-16,18-20,22H2,1-5H3,(H,44,55)(H,46,51)(H,47,56)(H,48,53)(H,49,54)/t26-,31-,33-,36-,38?/m0/s1. The summed E-state index contributed by atoms with van der Waals surface area (Å²) in [6.45, 7) is 9.08. The first-order valence-electron chi connectivity index (χ1n) is 20.8. The number of carbonyl (C=O) groups is 7. The summed E-state index contributed by atoms with van der Waals surface area (Å²) >= 11 is 0. The number of Topliss-reactive ketones (excluding diaryl/α,β-unsaturated/α-hetero) is 2. The molecule has 2 aromatic rings. The smallest absolute Gasteiger partial charge is 0.289 e. The Labute approximate surface area is 330 Å². The molecule has 0 radical (unpaired) electrons. The maximum atomic E-state index is 14.2. The molecule has 1 heterocycles. The zero-order chi connectivity index (χ0) is 40.6. The molecule has 0 spiro atoms. The Kier molecular flexibility index (Phi) is 14.5. The van der Waals surface area contributed by atoms with Crippen molar-refractivity contribution in [3.05, 3.63) is 35.5 Å². The van der Waals surface area contributed by atoms with Gasteiger partial charge in [0.1, 0.15) is 17.8 Å². The van der Waals surface area contributed by atoms with Gasteiger partial charge in [0, 0.05) is 35.0 Å². The molecule has 3 aliphatic carbocycles. The molecule has 3 saturated carbocycles. The van der Waals surface area contributed by atoms with E-state index < -0.39 is 47.0 Å². The number of H-pyrrole nitrogens is 1. The molecule has 13 heteroatoms. The molecule has 3 aliphatic rings. The maximum absolute atomic E-state index is 14.2. The SMILES string of the molecule is CCC[C@H](NC(=O)CC[C@@H]1CCCC[C@@H]1NC(=O)C(NC(=O)[C@@H](NC(=O)c1cc2cc(C(C)=O)ccc2[nH]1)C1CCCCC1)C(C)(C)C)C(=O)C(=O)NC1CC1. The van der Waals surface area contributed by atoms with Gasteiger partial charge in [0.15, 0.2) is 5.78 Å². The number of nitrogens with one attached hydrogen (secondary N) is 6. The van der Waals surface area contributed by atoms with Gasteiger partial charge in [-0.25, -0.2) is 0 Å². The van der Waals surface area contributed by atoms with Crippen molar-refractivity contribution in [3.8, 4) is 0 Å². The van der Waals surface area contributed by atoms with Gasteiger partial charge in [-0.15, -0.1) is 0 Å². The normalized spacial score (nSPS) is 20.6. The molecule has 5 rings (SSSR count). The molecule has 0 saturated heterocycles. The van der Waals surface area contributed by atoms with Gasteiger partial charge < -0.3 is 31.6 Å². The lowest BCUT2D eigenvalue weighted by atomic mass is 9.80. The molecule has 5 atom stereocenters. The van der Waals surface area contributed by atoms with Gasteiger partial charge in [-0.3, -0.25) is 33.6 Å². The lowest BCUT2D eigenvalue weighted by Crippen LogP contribution is -2.61. The summed E-state index contributed by atoms with van der Waals surface area (Å²) < 4.78 is 0. The minimum atomic E-state index is -0.899. The van der Waals surface area contributed by atoms with Crippen LogP contribution in [-0.2, 0) is 24.0 Å². The zero-order valence-electron chi connectivity index (χ0n) is 33.8. The van der Waals surface area contributed by atoms with Gasteiger partial charge in [0.25, 0.3) is 11.8 Å². The van der Waals surface area contributed by atoms with E-state index in [0.717, 1.165) is 76.0 Å². The zero-order valence-corrected chi connectivity index (χ0v) is 33.8. The monoisotopic (exact) mass is 774 g/mol. The van der Waals surface area contributed by atoms with Crippen molar-refractivity contribution >= 4 is 52.0 Å². The van der Waals surface area contributed by atoms with E-state index in [0.29, 0.717) is 30.3 Å². The number of aromatic amines is 1. The molecule has 56 heavy (non-hydrogen) atoms. The van der Waals surface area contributed by atoms with Crippen LogP contribution in [0.25, 0.3) is 10.9 Å². The molecule has 1 aromatic carbocycles. The third-order valence-electron chi connectivity index (χ3n) is 11.7. The van der Waals surface area contributed by atoms with Gasteiger partial charge in [-0.2, -0.15) is 0 Å². The molecule has 0 aliphatic heterocycles. The topological polar surface area (TPSA) is 195 Å². The highest BCUT2D eigenvalue weighted by Crippen LogP contribution is 2.31. The van der Waals surface area contributed by atoms with Crippen molar-refractivity contribution in [2.75, 3.05) is 0 Å². The Morgan fingerprint density at radius 3 is 2.16 bits per heavy atom. The van der Waals surface area contributed by atoms with Crippen molar-refractivity contribution in [1.82, 2.24) is 31.6 Å². The fourth-order valence-electron chi connectivity index (χ4n) is 8.26. The average Bonchev–Trinajstić information content (AvgIpc) is 3.88. The number of aromatic nitrogens is 1. The third kappa shape index (κ3) is 11.5. The third-order valence-corrected chi connectivity index (χ3v) is 11.7. The minimum absolute atomic E-state index is 0.0189. The van der Waals surface area contributed by atoms with Crippen molar-refractivity contribution in [3.63, 3.8) is 0 Å². The van der Waals surface area contributed by atoms with E-state index in [1.54, 1.807) is 24.3 Å². The Morgan fingerprint density at radius 2 is 1.50 bits per heavy atom. The Morgan fingerprint density at radius 1 is 0.804 bits per heavy atom. The van der Waals surface area contributed by atoms with Crippen LogP contribution >= 0.6 is 0 Å². The number of ketones is 2. The highest BCUT2D eigenvalue weighted by atomic mass is 16.2. The minimum Gasteiger partial charge on any atom is -0.351 e. The predicted octanol–water partition coefficient (Wildman–Crippen LogP) is 5.17. The van der Waals surface area contributed by atoms with Gasteiger partial charge in [0.05, 0.1) is 6.04 Å². The fraction of sp³-hybridized carbons (Fsp3) is 0.651. The first-order chi connectivity index (χ1) is 26.6. The summed E-state index contributed by atoms with van der Waals surface area (Å²) in [5, 5.41) is 15.5. The van der Waals surface area contributed by atoms with Crippen LogP contribution in [0.1, 0.15) is 152 Å². The van der Waals surface area contributed by atoms with Crippen molar-refractivity contribution in [2.24, 2.45) is 17.3 Å². The molecule has 13 nitrogen and oxygen atoms in total. The van der Waals surface area contributed by atoms with E-state index in [-0.39, 0.29) is 53.6 Å². The van der Waals surface area contributed by atoms with Crippen molar-refractivity contribution in [2.45, 2.75) is 161 Å². The fourth-order valence-corrected chi connectivity index (χ4v) is 8.26. The highest BCUT2D eigenvalue weighted by molar-refractivity contribution is 6.38. The first kappa shape index (κ1) is 42.6. The van der Waals surface area contributed by atoms with E-state index in [1.807, 2.05) is 27.7 Å². The molecule has 6 N–H and O–H groups in total. The van der Waals surface area contributed by atoms with Crippen molar-refractivity contribution in [1.29, 1.82) is 0 Å². The van der Waals surface area contributed by atoms with Crippen LogP contribution in [0, 0.1) is 17.3 Å². The largest absolute Gasteiger partial charge is 0.351 e. The van der Waals surface area contributed by atoms with Gasteiger partial charge in [-0.05, 0) is 99.8 Å². The summed E-state index contributed by atoms with van der Waals surface area (Å²) in [6.07, 6.45) is 11.4. The van der Waals surface area contributed by atoms with E-state index in [9.17, 15) is 33.6 Å². The van der Waals surface area contributed by atoms with E-state index >= 15 is 0 Å². The molecule has 306 valence electrons. The molecule has 3 fully saturated rings. The highest BCUT2D eigenvalue weighted by Gasteiger charge is 2.40. The second kappa shape index (κ2) is 19.1. The average molecular weight is 775 g/mol. The number of benzene rings is 1. The number of carbonyl (C=O) groups excluding carboxylic acids is 7. The number of hydrogen-bond donors (Lipinski definition) is 6. The summed E-state index contributed by atoms with van der Waals surface area (Å²) in [5.41, 5.74) is 0.860. The number of hydrogen-bond acceptors (Lipinski definition) is 7. The predicted molar refractivity (Wildman–Crippen MR) is 214 cm³/mol. The molecule has 0 bridgehead atoms. The number of fused-ring (bicyclic) bond motifs is 1. The summed E-state index contributed by atoms with van der Waals surface area (Å²) in [5.74, 6) is -2.86. The second-order valence-corrected chi connectivity index (χ2v) is 17.4. The Hall–Kier alpha value is -4.55. The maximum Gasteiger partial charge on any atom is 0.289 e. The van der Waals surface area contributed by atoms with Crippen LogP contribution < -0.4 is 26.6 Å². The lowest BCUT2D eigenvalue weighted by Gasteiger charge is -2.37. The molecule has 5 amide bonds. The van der Waals surface area contributed by atoms with Crippen LogP contribution in [0.3, 0.4) is 0 Å².